The van der Waals surface area contributed by atoms with E-state index in [1.807, 2.05) is 30.3 Å². The van der Waals surface area contributed by atoms with Crippen LogP contribution < -0.4 is 15.4 Å². The van der Waals surface area contributed by atoms with Gasteiger partial charge in [0.2, 0.25) is 0 Å². The monoisotopic (exact) mass is 346 g/mol. The van der Waals surface area contributed by atoms with Gasteiger partial charge in [-0.25, -0.2) is 4.79 Å². The van der Waals surface area contributed by atoms with Gasteiger partial charge in [-0.15, -0.1) is 0 Å². The van der Waals surface area contributed by atoms with Crippen molar-refractivity contribution in [3.05, 3.63) is 64.7 Å². The Hall–Kier alpha value is -2.20. The van der Waals surface area contributed by atoms with E-state index in [9.17, 15) is 4.79 Å². The smallest absolute Gasteiger partial charge is 0.315 e. The van der Waals surface area contributed by atoms with Gasteiger partial charge in [0.05, 0.1) is 6.54 Å². The van der Waals surface area contributed by atoms with Crippen molar-refractivity contribution in [2.45, 2.75) is 26.3 Å². The molecule has 0 bridgehead atoms. The number of benzene rings is 2. The maximum atomic E-state index is 11.7. The molecule has 2 amide bonds. The second-order valence-corrected chi connectivity index (χ2v) is 6.18. The van der Waals surface area contributed by atoms with Crippen molar-refractivity contribution >= 4 is 17.6 Å². The van der Waals surface area contributed by atoms with E-state index < -0.39 is 0 Å². The van der Waals surface area contributed by atoms with Crippen molar-refractivity contribution < 1.29 is 9.53 Å². The molecule has 0 saturated carbocycles. The SMILES string of the molecule is CC(C)c1ccc(OCCNC(=O)NCc2ccccc2Cl)cc1. The van der Waals surface area contributed by atoms with Crippen LogP contribution in [0.15, 0.2) is 48.5 Å². The predicted molar refractivity (Wildman–Crippen MR) is 97.7 cm³/mol. The van der Waals surface area contributed by atoms with Crippen LogP contribution in [-0.2, 0) is 6.54 Å². The van der Waals surface area contributed by atoms with E-state index in [2.05, 4.69) is 36.6 Å². The van der Waals surface area contributed by atoms with E-state index in [0.717, 1.165) is 11.3 Å². The zero-order valence-corrected chi connectivity index (χ0v) is 14.8. The molecule has 0 fully saturated rings. The Labute approximate surface area is 148 Å². The van der Waals surface area contributed by atoms with E-state index in [1.165, 1.54) is 5.56 Å². The number of ether oxygens (including phenoxy) is 1. The summed E-state index contributed by atoms with van der Waals surface area (Å²) in [5.41, 5.74) is 2.16. The molecule has 5 heteroatoms. The molecule has 0 aliphatic carbocycles. The van der Waals surface area contributed by atoms with Crippen molar-refractivity contribution in [1.29, 1.82) is 0 Å². The van der Waals surface area contributed by atoms with Crippen molar-refractivity contribution in [2.24, 2.45) is 0 Å². The first-order chi connectivity index (χ1) is 11.6. The Balaban J connectivity index is 1.65. The molecular weight excluding hydrogens is 324 g/mol. The molecule has 0 aliphatic rings. The normalized spacial score (nSPS) is 10.5. The van der Waals surface area contributed by atoms with Gasteiger partial charge in [-0.05, 0) is 35.2 Å². The van der Waals surface area contributed by atoms with Crippen LogP contribution in [0.4, 0.5) is 4.79 Å². The Morgan fingerprint density at radius 2 is 1.79 bits per heavy atom. The number of hydrogen-bond acceptors (Lipinski definition) is 2. The van der Waals surface area contributed by atoms with E-state index in [4.69, 9.17) is 16.3 Å². The highest BCUT2D eigenvalue weighted by atomic mass is 35.5. The first-order valence-corrected chi connectivity index (χ1v) is 8.42. The molecule has 0 aromatic heterocycles. The Kier molecular flexibility index (Phi) is 6.94. The third-order valence-electron chi connectivity index (χ3n) is 3.60. The molecule has 2 N–H and O–H groups in total. The van der Waals surface area contributed by atoms with Crippen LogP contribution in [0.5, 0.6) is 5.75 Å². The molecule has 4 nitrogen and oxygen atoms in total. The molecule has 2 rings (SSSR count). The average Bonchev–Trinajstić information content (AvgIpc) is 2.58. The fourth-order valence-electron chi connectivity index (χ4n) is 2.16. The maximum Gasteiger partial charge on any atom is 0.315 e. The quantitative estimate of drug-likeness (QED) is 0.732. The Bertz CT molecular complexity index is 657. The van der Waals surface area contributed by atoms with Gasteiger partial charge >= 0.3 is 6.03 Å². The van der Waals surface area contributed by atoms with Gasteiger partial charge in [0, 0.05) is 11.6 Å². The lowest BCUT2D eigenvalue weighted by Crippen LogP contribution is -2.37. The average molecular weight is 347 g/mol. The molecular formula is C19H23ClN2O2. The first kappa shape index (κ1) is 18.1. The van der Waals surface area contributed by atoms with Gasteiger partial charge in [-0.2, -0.15) is 0 Å². The summed E-state index contributed by atoms with van der Waals surface area (Å²) >= 11 is 6.04. The number of rotatable bonds is 7. The molecule has 0 atom stereocenters. The van der Waals surface area contributed by atoms with Crippen molar-refractivity contribution in [3.8, 4) is 5.75 Å². The van der Waals surface area contributed by atoms with Crippen LogP contribution in [0, 0.1) is 0 Å². The van der Waals surface area contributed by atoms with Gasteiger partial charge in [-0.3, -0.25) is 0 Å². The van der Waals surface area contributed by atoms with Gasteiger partial charge in [0.25, 0.3) is 0 Å². The number of carbonyl (C=O) groups is 1. The molecule has 128 valence electrons. The lowest BCUT2D eigenvalue weighted by Gasteiger charge is -2.11. The Morgan fingerprint density at radius 1 is 1.08 bits per heavy atom. The summed E-state index contributed by atoms with van der Waals surface area (Å²) in [5, 5.41) is 6.17. The zero-order valence-electron chi connectivity index (χ0n) is 14.0. The maximum absolute atomic E-state index is 11.7. The molecule has 0 heterocycles. The third-order valence-corrected chi connectivity index (χ3v) is 3.97. The number of amides is 2. The number of nitrogens with one attached hydrogen (secondary N) is 2. The summed E-state index contributed by atoms with van der Waals surface area (Å²) in [6.07, 6.45) is 0. The number of halogens is 1. The van der Waals surface area contributed by atoms with Crippen LogP contribution in [0.3, 0.4) is 0 Å². The van der Waals surface area contributed by atoms with Crippen molar-refractivity contribution in [3.63, 3.8) is 0 Å². The number of carbonyl (C=O) groups excluding carboxylic acids is 1. The second-order valence-electron chi connectivity index (χ2n) is 5.77. The van der Waals surface area contributed by atoms with Crippen LogP contribution in [0.1, 0.15) is 30.9 Å². The minimum atomic E-state index is -0.242. The Morgan fingerprint density at radius 3 is 2.46 bits per heavy atom. The number of urea groups is 1. The lowest BCUT2D eigenvalue weighted by molar-refractivity contribution is 0.236. The third kappa shape index (κ3) is 5.78. The summed E-state index contributed by atoms with van der Waals surface area (Å²) in [4.78, 5) is 11.7. The lowest BCUT2D eigenvalue weighted by atomic mass is 10.0. The van der Waals surface area contributed by atoms with Crippen molar-refractivity contribution in [2.75, 3.05) is 13.2 Å². The minimum absolute atomic E-state index is 0.242. The molecule has 0 radical (unpaired) electrons. The summed E-state index contributed by atoms with van der Waals surface area (Å²) in [6.45, 7) is 5.55. The van der Waals surface area contributed by atoms with E-state index in [1.54, 1.807) is 6.07 Å². The summed E-state index contributed by atoms with van der Waals surface area (Å²) in [7, 11) is 0. The molecule has 0 unspecified atom stereocenters. The van der Waals surface area contributed by atoms with E-state index in [0.29, 0.717) is 30.6 Å². The first-order valence-electron chi connectivity index (χ1n) is 8.04. The predicted octanol–water partition coefficient (Wildman–Crippen LogP) is 4.34. The zero-order chi connectivity index (χ0) is 17.4. The minimum Gasteiger partial charge on any atom is -0.492 e. The molecule has 2 aromatic carbocycles. The van der Waals surface area contributed by atoms with E-state index in [-0.39, 0.29) is 6.03 Å². The van der Waals surface area contributed by atoms with E-state index >= 15 is 0 Å². The largest absolute Gasteiger partial charge is 0.492 e. The molecule has 0 aliphatic heterocycles. The molecule has 0 spiro atoms. The molecule has 2 aromatic rings. The summed E-state index contributed by atoms with van der Waals surface area (Å²) < 4.78 is 5.61. The van der Waals surface area contributed by atoms with Crippen LogP contribution in [0.2, 0.25) is 5.02 Å². The second kappa shape index (κ2) is 9.18. The number of hydrogen-bond donors (Lipinski definition) is 2. The molecule has 24 heavy (non-hydrogen) atoms. The fraction of sp³-hybridized carbons (Fsp3) is 0.316. The summed E-state index contributed by atoms with van der Waals surface area (Å²) in [6, 6.07) is 15.2. The van der Waals surface area contributed by atoms with Gasteiger partial charge < -0.3 is 15.4 Å². The van der Waals surface area contributed by atoms with Crippen molar-refractivity contribution in [1.82, 2.24) is 10.6 Å². The highest BCUT2D eigenvalue weighted by Crippen LogP contribution is 2.18. The molecule has 0 saturated heterocycles. The fourth-order valence-corrected chi connectivity index (χ4v) is 2.36. The highest BCUT2D eigenvalue weighted by molar-refractivity contribution is 6.31. The van der Waals surface area contributed by atoms with Gasteiger partial charge in [0.15, 0.2) is 0 Å². The van der Waals surface area contributed by atoms with Crippen LogP contribution in [0.25, 0.3) is 0 Å². The van der Waals surface area contributed by atoms with Crippen LogP contribution >= 0.6 is 11.6 Å². The topological polar surface area (TPSA) is 50.4 Å². The highest BCUT2D eigenvalue weighted by Gasteiger charge is 2.03. The van der Waals surface area contributed by atoms with Gasteiger partial charge in [0.1, 0.15) is 12.4 Å². The van der Waals surface area contributed by atoms with Crippen LogP contribution in [-0.4, -0.2) is 19.2 Å². The standard InChI is InChI=1S/C19H23ClN2O2/c1-14(2)15-7-9-17(10-8-15)24-12-11-21-19(23)22-13-16-5-3-4-6-18(16)20/h3-10,14H,11-13H2,1-2H3,(H2,21,22,23). The summed E-state index contributed by atoms with van der Waals surface area (Å²) in [5.74, 6) is 1.31. The van der Waals surface area contributed by atoms with Gasteiger partial charge in [-0.1, -0.05) is 55.8 Å².